The highest BCUT2D eigenvalue weighted by Crippen LogP contribution is 2.34. The van der Waals surface area contributed by atoms with Gasteiger partial charge in [0.25, 0.3) is 5.89 Å². The monoisotopic (exact) mass is 432 g/mol. The molecule has 0 bridgehead atoms. The predicted octanol–water partition coefficient (Wildman–Crippen LogP) is 3.48. The summed E-state index contributed by atoms with van der Waals surface area (Å²) in [5.41, 5.74) is 3.80. The van der Waals surface area contributed by atoms with Gasteiger partial charge in [0.2, 0.25) is 5.89 Å². The normalized spacial score (nSPS) is 19.4. The summed E-state index contributed by atoms with van der Waals surface area (Å²) < 4.78 is 19.3. The van der Waals surface area contributed by atoms with E-state index in [0.29, 0.717) is 30.6 Å². The highest BCUT2D eigenvalue weighted by atomic mass is 16.5. The minimum Gasteiger partial charge on any atom is -0.487 e. The molecular weight excluding hydrogens is 408 g/mol. The third kappa shape index (κ3) is 3.85. The van der Waals surface area contributed by atoms with E-state index >= 15 is 0 Å². The second kappa shape index (κ2) is 8.48. The fourth-order valence-electron chi connectivity index (χ4n) is 3.99. The molecule has 1 unspecified atom stereocenters. The van der Waals surface area contributed by atoms with E-state index in [-0.39, 0.29) is 18.1 Å². The van der Waals surface area contributed by atoms with Gasteiger partial charge in [0.1, 0.15) is 6.07 Å². The SMILES string of the molecule is CC(C)NC1=CC(c2ccc3cc(C#N)cnn23)OC=C1c1nnc(C2CCOCC2)o1. The summed E-state index contributed by atoms with van der Waals surface area (Å²) in [4.78, 5) is 0. The van der Waals surface area contributed by atoms with Gasteiger partial charge >= 0.3 is 0 Å². The first-order chi connectivity index (χ1) is 15.6. The number of nitrogens with one attached hydrogen (secondary N) is 1. The fourth-order valence-corrected chi connectivity index (χ4v) is 3.99. The molecule has 0 saturated carbocycles. The maximum absolute atomic E-state index is 9.12. The number of allylic oxidation sites excluding steroid dienone is 1. The summed E-state index contributed by atoms with van der Waals surface area (Å²) in [5, 5.41) is 25.6. The van der Waals surface area contributed by atoms with Gasteiger partial charge in [0.15, 0.2) is 6.10 Å². The first-order valence-corrected chi connectivity index (χ1v) is 10.8. The van der Waals surface area contributed by atoms with Crippen LogP contribution in [-0.2, 0) is 9.47 Å². The Morgan fingerprint density at radius 1 is 1.22 bits per heavy atom. The van der Waals surface area contributed by atoms with E-state index in [1.807, 2.05) is 18.2 Å². The van der Waals surface area contributed by atoms with Gasteiger partial charge in [-0.05, 0) is 51.0 Å². The molecule has 5 heterocycles. The minimum absolute atomic E-state index is 0.196. The van der Waals surface area contributed by atoms with Crippen LogP contribution in [0.2, 0.25) is 0 Å². The van der Waals surface area contributed by atoms with Crippen molar-refractivity contribution in [2.45, 2.75) is 44.8 Å². The maximum Gasteiger partial charge on any atom is 0.252 e. The van der Waals surface area contributed by atoms with Gasteiger partial charge in [-0.25, -0.2) is 4.52 Å². The average Bonchev–Trinajstić information content (AvgIpc) is 3.46. The van der Waals surface area contributed by atoms with Crippen molar-refractivity contribution in [1.29, 1.82) is 5.26 Å². The Hall–Kier alpha value is -3.64. The van der Waals surface area contributed by atoms with Crippen LogP contribution in [0.25, 0.3) is 11.1 Å². The summed E-state index contributed by atoms with van der Waals surface area (Å²) >= 11 is 0. The first kappa shape index (κ1) is 20.3. The Morgan fingerprint density at radius 3 is 2.84 bits per heavy atom. The molecule has 0 radical (unpaired) electrons. The number of ether oxygens (including phenoxy) is 2. The molecule has 164 valence electrons. The molecule has 3 aromatic heterocycles. The molecule has 2 aliphatic rings. The molecule has 5 rings (SSSR count). The zero-order valence-corrected chi connectivity index (χ0v) is 18.0. The Labute approximate surface area is 185 Å². The number of hydrogen-bond donors (Lipinski definition) is 1. The fraction of sp³-hybridized carbons (Fsp3) is 0.391. The highest BCUT2D eigenvalue weighted by molar-refractivity contribution is 5.74. The molecule has 32 heavy (non-hydrogen) atoms. The number of nitriles is 1. The summed E-state index contributed by atoms with van der Waals surface area (Å²) in [6, 6.07) is 7.99. The lowest BCUT2D eigenvalue weighted by molar-refractivity contribution is 0.0793. The van der Waals surface area contributed by atoms with Crippen molar-refractivity contribution < 1.29 is 13.9 Å². The largest absolute Gasteiger partial charge is 0.487 e. The minimum atomic E-state index is -0.360. The van der Waals surface area contributed by atoms with Crippen LogP contribution >= 0.6 is 0 Å². The van der Waals surface area contributed by atoms with Crippen LogP contribution in [0.4, 0.5) is 0 Å². The molecule has 1 saturated heterocycles. The van der Waals surface area contributed by atoms with Crippen LogP contribution in [0.15, 0.2) is 46.8 Å². The molecule has 1 atom stereocenters. The number of aromatic nitrogens is 4. The van der Waals surface area contributed by atoms with E-state index in [9.17, 15) is 0 Å². The smallest absolute Gasteiger partial charge is 0.252 e. The number of rotatable bonds is 5. The van der Waals surface area contributed by atoms with Crippen LogP contribution in [0, 0.1) is 11.3 Å². The molecule has 0 aliphatic carbocycles. The number of nitrogens with zero attached hydrogens (tertiary/aromatic N) is 5. The van der Waals surface area contributed by atoms with Crippen LogP contribution in [0.5, 0.6) is 0 Å². The molecule has 1 N–H and O–H groups in total. The average molecular weight is 432 g/mol. The Balaban J connectivity index is 1.45. The maximum atomic E-state index is 9.12. The van der Waals surface area contributed by atoms with Crippen molar-refractivity contribution in [2.24, 2.45) is 0 Å². The van der Waals surface area contributed by atoms with E-state index in [1.165, 1.54) is 0 Å². The van der Waals surface area contributed by atoms with Gasteiger partial charge in [-0.3, -0.25) is 0 Å². The number of hydrogen-bond acceptors (Lipinski definition) is 8. The van der Waals surface area contributed by atoms with Crippen LogP contribution in [0.1, 0.15) is 61.7 Å². The van der Waals surface area contributed by atoms with E-state index in [2.05, 4.69) is 40.5 Å². The van der Waals surface area contributed by atoms with Crippen molar-refractivity contribution in [1.82, 2.24) is 25.1 Å². The second-order valence-corrected chi connectivity index (χ2v) is 8.25. The molecule has 2 aliphatic heterocycles. The molecule has 1 fully saturated rings. The molecule has 0 aromatic carbocycles. The Kier molecular flexibility index (Phi) is 5.37. The molecule has 9 nitrogen and oxygen atoms in total. The van der Waals surface area contributed by atoms with E-state index < -0.39 is 0 Å². The number of fused-ring (bicyclic) bond motifs is 1. The Morgan fingerprint density at radius 2 is 2.06 bits per heavy atom. The van der Waals surface area contributed by atoms with Gasteiger partial charge in [-0.1, -0.05) is 0 Å². The lowest BCUT2D eigenvalue weighted by Crippen LogP contribution is -2.25. The predicted molar refractivity (Wildman–Crippen MR) is 115 cm³/mol. The van der Waals surface area contributed by atoms with E-state index in [0.717, 1.165) is 35.3 Å². The highest BCUT2D eigenvalue weighted by Gasteiger charge is 2.28. The summed E-state index contributed by atoms with van der Waals surface area (Å²) in [7, 11) is 0. The molecule has 3 aromatic rings. The first-order valence-electron chi connectivity index (χ1n) is 10.8. The van der Waals surface area contributed by atoms with Gasteiger partial charge < -0.3 is 19.2 Å². The van der Waals surface area contributed by atoms with Gasteiger partial charge in [-0.2, -0.15) is 10.4 Å². The Bertz CT molecular complexity index is 1230. The van der Waals surface area contributed by atoms with E-state index in [4.69, 9.17) is 19.2 Å². The van der Waals surface area contributed by atoms with Crippen LogP contribution in [0.3, 0.4) is 0 Å². The molecule has 0 amide bonds. The third-order valence-corrected chi connectivity index (χ3v) is 5.58. The zero-order valence-electron chi connectivity index (χ0n) is 18.0. The van der Waals surface area contributed by atoms with Crippen molar-refractivity contribution >= 4 is 11.1 Å². The van der Waals surface area contributed by atoms with Gasteiger partial charge in [-0.15, -0.1) is 10.2 Å². The molecule has 9 heteroatoms. The zero-order chi connectivity index (χ0) is 22.1. The summed E-state index contributed by atoms with van der Waals surface area (Å²) in [5.74, 6) is 1.30. The van der Waals surface area contributed by atoms with Crippen molar-refractivity contribution in [3.8, 4) is 6.07 Å². The van der Waals surface area contributed by atoms with Crippen LogP contribution in [-0.4, -0.2) is 39.1 Å². The molecular formula is C23H24N6O3. The molecule has 0 spiro atoms. The second-order valence-electron chi connectivity index (χ2n) is 8.25. The van der Waals surface area contributed by atoms with Crippen LogP contribution < -0.4 is 5.32 Å². The standard InChI is InChI=1S/C23H24N6O3/c1-14(2)26-19-10-21(20-4-3-17-9-15(11-24)12-25-29(17)20)31-13-18(19)23-28-27-22(32-23)16-5-7-30-8-6-16/h3-4,9-10,12-14,16,21,26H,5-8H2,1-2H3. The van der Waals surface area contributed by atoms with Crippen molar-refractivity contribution in [2.75, 3.05) is 13.2 Å². The summed E-state index contributed by atoms with van der Waals surface area (Å²) in [6.07, 6.45) is 6.62. The van der Waals surface area contributed by atoms with Crippen molar-refractivity contribution in [3.05, 3.63) is 65.5 Å². The lowest BCUT2D eigenvalue weighted by Gasteiger charge is -2.24. The van der Waals surface area contributed by atoms with E-state index in [1.54, 1.807) is 23.0 Å². The quantitative estimate of drug-likeness (QED) is 0.652. The van der Waals surface area contributed by atoms with Gasteiger partial charge in [0.05, 0.1) is 40.5 Å². The topological polar surface area (TPSA) is 111 Å². The summed E-state index contributed by atoms with van der Waals surface area (Å²) in [6.45, 7) is 5.57. The lowest BCUT2D eigenvalue weighted by atomic mass is 10.0. The van der Waals surface area contributed by atoms with Gasteiger partial charge in [0, 0.05) is 25.2 Å². The third-order valence-electron chi connectivity index (χ3n) is 5.58. The van der Waals surface area contributed by atoms with Crippen molar-refractivity contribution in [3.63, 3.8) is 0 Å².